The van der Waals surface area contributed by atoms with E-state index in [4.69, 9.17) is 4.74 Å². The minimum Gasteiger partial charge on any atom is -0.450 e. The summed E-state index contributed by atoms with van der Waals surface area (Å²) in [5.74, 6) is -0.358. The standard InChI is InChI=1S/C20H27N3O4/c1-4-27-19(26)23-11-9-22(10-12-23)18(25)20(7-8-20)17(24)21-16-13-14(2)5-6-15(16)3/h5-6,13H,4,7-12H2,1-3H3,(H,21,24). The van der Waals surface area contributed by atoms with E-state index in [2.05, 4.69) is 5.32 Å². The van der Waals surface area contributed by atoms with Crippen molar-refractivity contribution in [3.8, 4) is 0 Å². The zero-order chi connectivity index (χ0) is 19.6. The summed E-state index contributed by atoms with van der Waals surface area (Å²) in [5, 5.41) is 2.95. The Labute approximate surface area is 159 Å². The van der Waals surface area contributed by atoms with Gasteiger partial charge in [0.15, 0.2) is 0 Å². The van der Waals surface area contributed by atoms with E-state index in [1.54, 1.807) is 16.7 Å². The van der Waals surface area contributed by atoms with Crippen LogP contribution in [-0.2, 0) is 14.3 Å². The molecule has 1 N–H and O–H groups in total. The third-order valence-electron chi connectivity index (χ3n) is 5.33. The van der Waals surface area contributed by atoms with E-state index in [0.29, 0.717) is 45.6 Å². The van der Waals surface area contributed by atoms with Crippen molar-refractivity contribution in [2.45, 2.75) is 33.6 Å². The number of ether oxygens (including phenoxy) is 1. The summed E-state index contributed by atoms with van der Waals surface area (Å²) in [6.45, 7) is 7.72. The molecular weight excluding hydrogens is 346 g/mol. The van der Waals surface area contributed by atoms with E-state index in [9.17, 15) is 14.4 Å². The third-order valence-corrected chi connectivity index (χ3v) is 5.33. The largest absolute Gasteiger partial charge is 0.450 e. The van der Waals surface area contributed by atoms with Gasteiger partial charge in [-0.1, -0.05) is 12.1 Å². The molecule has 0 atom stereocenters. The van der Waals surface area contributed by atoms with Crippen molar-refractivity contribution >= 4 is 23.6 Å². The lowest BCUT2D eigenvalue weighted by Gasteiger charge is -2.35. The number of carbonyl (C=O) groups excluding carboxylic acids is 3. The summed E-state index contributed by atoms with van der Waals surface area (Å²) in [4.78, 5) is 40.9. The Morgan fingerprint density at radius 1 is 1.07 bits per heavy atom. The number of hydrogen-bond acceptors (Lipinski definition) is 4. The first-order valence-corrected chi connectivity index (χ1v) is 9.47. The molecule has 0 unspecified atom stereocenters. The molecule has 1 aliphatic heterocycles. The van der Waals surface area contributed by atoms with Crippen LogP contribution in [0.2, 0.25) is 0 Å². The molecule has 1 saturated heterocycles. The van der Waals surface area contributed by atoms with Gasteiger partial charge in [-0.3, -0.25) is 9.59 Å². The minimum absolute atomic E-state index is 0.131. The maximum atomic E-state index is 13.0. The molecule has 7 nitrogen and oxygen atoms in total. The van der Waals surface area contributed by atoms with Crippen LogP contribution in [-0.4, -0.2) is 60.5 Å². The summed E-state index contributed by atoms with van der Waals surface area (Å²) in [5.41, 5.74) is 1.83. The van der Waals surface area contributed by atoms with E-state index < -0.39 is 5.41 Å². The Hall–Kier alpha value is -2.57. The number of nitrogens with one attached hydrogen (secondary N) is 1. The van der Waals surface area contributed by atoms with Gasteiger partial charge in [0.05, 0.1) is 6.61 Å². The Morgan fingerprint density at radius 3 is 2.30 bits per heavy atom. The number of hydrogen-bond donors (Lipinski definition) is 1. The second-order valence-corrected chi connectivity index (χ2v) is 7.33. The third kappa shape index (κ3) is 3.91. The zero-order valence-corrected chi connectivity index (χ0v) is 16.2. The van der Waals surface area contributed by atoms with Crippen LogP contribution in [0.3, 0.4) is 0 Å². The Kier molecular flexibility index (Phi) is 5.39. The van der Waals surface area contributed by atoms with E-state index in [0.717, 1.165) is 16.8 Å². The summed E-state index contributed by atoms with van der Waals surface area (Å²) >= 11 is 0. The molecule has 1 saturated carbocycles. The zero-order valence-electron chi connectivity index (χ0n) is 16.2. The molecule has 0 radical (unpaired) electrons. The topological polar surface area (TPSA) is 79.0 Å². The van der Waals surface area contributed by atoms with Gasteiger partial charge in [-0.05, 0) is 50.8 Å². The molecule has 2 aliphatic rings. The predicted molar refractivity (Wildman–Crippen MR) is 101 cm³/mol. The van der Waals surface area contributed by atoms with Gasteiger partial charge >= 0.3 is 6.09 Å². The van der Waals surface area contributed by atoms with Crippen LogP contribution in [0.4, 0.5) is 10.5 Å². The van der Waals surface area contributed by atoms with E-state index in [1.807, 2.05) is 32.0 Å². The number of amides is 3. The molecule has 7 heteroatoms. The van der Waals surface area contributed by atoms with Gasteiger partial charge in [-0.2, -0.15) is 0 Å². The van der Waals surface area contributed by atoms with Crippen LogP contribution in [0.1, 0.15) is 30.9 Å². The lowest BCUT2D eigenvalue weighted by molar-refractivity contribution is -0.143. The van der Waals surface area contributed by atoms with Crippen LogP contribution >= 0.6 is 0 Å². The fourth-order valence-corrected chi connectivity index (χ4v) is 3.39. The van der Waals surface area contributed by atoms with Crippen molar-refractivity contribution in [3.63, 3.8) is 0 Å². The molecule has 3 amide bonds. The lowest BCUT2D eigenvalue weighted by atomic mass is 10.0. The quantitative estimate of drug-likeness (QED) is 0.822. The van der Waals surface area contributed by atoms with Gasteiger partial charge in [0, 0.05) is 31.9 Å². The highest BCUT2D eigenvalue weighted by atomic mass is 16.6. The van der Waals surface area contributed by atoms with Crippen molar-refractivity contribution in [3.05, 3.63) is 29.3 Å². The molecule has 3 rings (SSSR count). The number of carbonyl (C=O) groups is 3. The molecule has 0 bridgehead atoms. The Bertz CT molecular complexity index is 750. The Balaban J connectivity index is 1.62. The van der Waals surface area contributed by atoms with Gasteiger partial charge < -0.3 is 19.9 Å². The normalized spacial score (nSPS) is 18.0. The molecule has 146 valence electrons. The Morgan fingerprint density at radius 2 is 1.70 bits per heavy atom. The lowest BCUT2D eigenvalue weighted by Crippen LogP contribution is -2.53. The molecule has 2 fully saturated rings. The van der Waals surface area contributed by atoms with Gasteiger partial charge in [0.1, 0.15) is 5.41 Å². The molecule has 1 aromatic carbocycles. The molecule has 27 heavy (non-hydrogen) atoms. The average molecular weight is 373 g/mol. The second-order valence-electron chi connectivity index (χ2n) is 7.33. The summed E-state index contributed by atoms with van der Waals surface area (Å²) in [7, 11) is 0. The molecular formula is C20H27N3O4. The maximum absolute atomic E-state index is 13.0. The summed E-state index contributed by atoms with van der Waals surface area (Å²) < 4.78 is 5.00. The van der Waals surface area contributed by atoms with Crippen LogP contribution < -0.4 is 5.32 Å². The van der Waals surface area contributed by atoms with E-state index >= 15 is 0 Å². The highest BCUT2D eigenvalue weighted by Crippen LogP contribution is 2.48. The van der Waals surface area contributed by atoms with Gasteiger partial charge in [-0.25, -0.2) is 4.79 Å². The molecule has 0 aromatic heterocycles. The van der Waals surface area contributed by atoms with Gasteiger partial charge in [0.25, 0.3) is 0 Å². The van der Waals surface area contributed by atoms with Gasteiger partial charge in [0.2, 0.25) is 11.8 Å². The monoisotopic (exact) mass is 373 g/mol. The maximum Gasteiger partial charge on any atom is 0.409 e. The highest BCUT2D eigenvalue weighted by molar-refractivity contribution is 6.13. The molecule has 1 heterocycles. The van der Waals surface area contributed by atoms with Gasteiger partial charge in [-0.15, -0.1) is 0 Å². The minimum atomic E-state index is -0.956. The van der Waals surface area contributed by atoms with Crippen LogP contribution in [0.15, 0.2) is 18.2 Å². The van der Waals surface area contributed by atoms with Crippen LogP contribution in [0.25, 0.3) is 0 Å². The summed E-state index contributed by atoms with van der Waals surface area (Å²) in [6, 6.07) is 5.87. The van der Waals surface area contributed by atoms with E-state index in [-0.39, 0.29) is 17.9 Å². The van der Waals surface area contributed by atoms with E-state index in [1.165, 1.54) is 0 Å². The number of nitrogens with zero attached hydrogens (tertiary/aromatic N) is 2. The number of aryl methyl sites for hydroxylation is 2. The molecule has 1 aromatic rings. The fourth-order valence-electron chi connectivity index (χ4n) is 3.39. The van der Waals surface area contributed by atoms with Crippen LogP contribution in [0, 0.1) is 19.3 Å². The summed E-state index contributed by atoms with van der Waals surface area (Å²) in [6.07, 6.45) is 0.791. The number of benzene rings is 1. The first-order valence-electron chi connectivity index (χ1n) is 9.47. The second kappa shape index (κ2) is 7.58. The average Bonchev–Trinajstić information content (AvgIpc) is 3.46. The number of anilines is 1. The first kappa shape index (κ1) is 19.2. The number of piperazine rings is 1. The smallest absolute Gasteiger partial charge is 0.409 e. The van der Waals surface area contributed by atoms with Crippen molar-refractivity contribution in [2.75, 3.05) is 38.1 Å². The fraction of sp³-hybridized carbons (Fsp3) is 0.550. The van der Waals surface area contributed by atoms with Crippen molar-refractivity contribution in [1.82, 2.24) is 9.80 Å². The van der Waals surface area contributed by atoms with Crippen molar-refractivity contribution in [2.24, 2.45) is 5.41 Å². The van der Waals surface area contributed by atoms with Crippen molar-refractivity contribution in [1.29, 1.82) is 0 Å². The highest BCUT2D eigenvalue weighted by Gasteiger charge is 2.58. The number of rotatable bonds is 4. The predicted octanol–water partition coefficient (Wildman–Crippen LogP) is 2.32. The first-order chi connectivity index (χ1) is 12.9. The molecule has 0 spiro atoms. The SMILES string of the molecule is CCOC(=O)N1CCN(C(=O)C2(C(=O)Nc3cc(C)ccc3C)CC2)CC1. The van der Waals surface area contributed by atoms with Crippen LogP contribution in [0.5, 0.6) is 0 Å². The van der Waals surface area contributed by atoms with Crippen molar-refractivity contribution < 1.29 is 19.1 Å². The molecule has 1 aliphatic carbocycles.